The minimum Gasteiger partial charge on any atom is -0.340 e. The molecule has 1 aromatic carbocycles. The second-order valence-corrected chi connectivity index (χ2v) is 5.88. The van der Waals surface area contributed by atoms with Crippen LogP contribution in [0.25, 0.3) is 0 Å². The summed E-state index contributed by atoms with van der Waals surface area (Å²) in [5, 5.41) is 3.64. The Kier molecular flexibility index (Phi) is 7.56. The minimum atomic E-state index is -0.377. The van der Waals surface area contributed by atoms with Crippen LogP contribution in [0.5, 0.6) is 0 Å². The Morgan fingerprint density at radius 2 is 2.27 bits per heavy atom. The van der Waals surface area contributed by atoms with Gasteiger partial charge in [0.05, 0.1) is 6.54 Å². The molecule has 2 rings (SSSR count). The average molecular weight is 350 g/mol. The first-order valence-corrected chi connectivity index (χ1v) is 7.48. The van der Waals surface area contributed by atoms with E-state index in [4.69, 9.17) is 11.6 Å². The summed E-state index contributed by atoms with van der Waals surface area (Å²) in [4.78, 5) is 15.9. The van der Waals surface area contributed by atoms with Crippen molar-refractivity contribution in [3.8, 4) is 0 Å². The number of amides is 1. The molecule has 1 N–H and O–H groups in total. The number of hydrogen-bond donors (Lipinski definition) is 1. The molecule has 1 aliphatic rings. The van der Waals surface area contributed by atoms with Crippen LogP contribution in [0.4, 0.5) is 4.39 Å². The van der Waals surface area contributed by atoms with Crippen molar-refractivity contribution >= 4 is 29.9 Å². The largest absolute Gasteiger partial charge is 0.340 e. The van der Waals surface area contributed by atoms with Gasteiger partial charge in [0.25, 0.3) is 0 Å². The van der Waals surface area contributed by atoms with Crippen molar-refractivity contribution in [3.05, 3.63) is 34.6 Å². The molecule has 1 saturated heterocycles. The number of carbonyl (C=O) groups excluding carboxylic acids is 1. The first-order valence-electron chi connectivity index (χ1n) is 7.10. The fourth-order valence-electron chi connectivity index (χ4n) is 2.42. The summed E-state index contributed by atoms with van der Waals surface area (Å²) in [6.07, 6.45) is 0. The zero-order valence-corrected chi connectivity index (χ0v) is 14.4. The first-order chi connectivity index (χ1) is 9.99. The summed E-state index contributed by atoms with van der Waals surface area (Å²) in [5.74, 6) is -0.402. The van der Waals surface area contributed by atoms with Gasteiger partial charge in [0.2, 0.25) is 5.91 Å². The molecule has 0 spiro atoms. The number of benzene rings is 1. The Hall–Kier alpha value is -0.880. The highest BCUT2D eigenvalue weighted by Gasteiger charge is 2.22. The third-order valence-corrected chi connectivity index (χ3v) is 4.21. The summed E-state index contributed by atoms with van der Waals surface area (Å²) in [6.45, 7) is 5.25. The SMILES string of the molecule is C[C@@H]1CNCCN1CC(=O)N(C)Cc1c(F)cccc1Cl.Cl. The molecule has 0 saturated carbocycles. The second kappa shape index (κ2) is 8.67. The first kappa shape index (κ1) is 19.2. The molecule has 0 aliphatic carbocycles. The van der Waals surface area contributed by atoms with E-state index < -0.39 is 0 Å². The Morgan fingerprint density at radius 1 is 1.55 bits per heavy atom. The maximum atomic E-state index is 13.8. The summed E-state index contributed by atoms with van der Waals surface area (Å²) in [6, 6.07) is 4.88. The molecule has 1 heterocycles. The molecule has 7 heteroatoms. The molecule has 124 valence electrons. The zero-order chi connectivity index (χ0) is 15.4. The number of piperazine rings is 1. The molecule has 0 radical (unpaired) electrons. The molecule has 4 nitrogen and oxygen atoms in total. The van der Waals surface area contributed by atoms with E-state index in [0.717, 1.165) is 19.6 Å². The fraction of sp³-hybridized carbons (Fsp3) is 0.533. The van der Waals surface area contributed by atoms with Crippen LogP contribution in [0, 0.1) is 5.82 Å². The third-order valence-electron chi connectivity index (χ3n) is 3.86. The predicted molar refractivity (Wildman–Crippen MR) is 89.0 cm³/mol. The van der Waals surface area contributed by atoms with Gasteiger partial charge in [-0.05, 0) is 19.1 Å². The van der Waals surface area contributed by atoms with Crippen LogP contribution in [0.2, 0.25) is 5.02 Å². The fourth-order valence-corrected chi connectivity index (χ4v) is 2.64. The maximum absolute atomic E-state index is 13.8. The quantitative estimate of drug-likeness (QED) is 0.904. The molecular weight excluding hydrogens is 328 g/mol. The van der Waals surface area contributed by atoms with E-state index in [-0.39, 0.29) is 30.7 Å². The third kappa shape index (κ3) is 4.81. The Morgan fingerprint density at radius 3 is 2.91 bits per heavy atom. The molecule has 0 bridgehead atoms. The molecular formula is C15H22Cl2FN3O. The van der Waals surface area contributed by atoms with E-state index in [2.05, 4.69) is 17.1 Å². The average Bonchev–Trinajstić information content (AvgIpc) is 2.45. The van der Waals surface area contributed by atoms with Crippen LogP contribution in [0.1, 0.15) is 12.5 Å². The van der Waals surface area contributed by atoms with Gasteiger partial charge in [-0.3, -0.25) is 9.69 Å². The number of likely N-dealkylation sites (N-methyl/N-ethyl adjacent to an activating group) is 1. The lowest BCUT2D eigenvalue weighted by atomic mass is 10.2. The normalized spacial score (nSPS) is 18.6. The van der Waals surface area contributed by atoms with E-state index in [0.29, 0.717) is 23.2 Å². The highest BCUT2D eigenvalue weighted by atomic mass is 35.5. The highest BCUT2D eigenvalue weighted by molar-refractivity contribution is 6.31. The maximum Gasteiger partial charge on any atom is 0.236 e. The molecule has 22 heavy (non-hydrogen) atoms. The Bertz CT molecular complexity index is 495. The zero-order valence-electron chi connectivity index (χ0n) is 12.8. The van der Waals surface area contributed by atoms with Crippen LogP contribution in [-0.4, -0.2) is 55.0 Å². The van der Waals surface area contributed by atoms with Gasteiger partial charge in [-0.25, -0.2) is 4.39 Å². The van der Waals surface area contributed by atoms with E-state index in [1.165, 1.54) is 11.0 Å². The number of nitrogens with zero attached hydrogens (tertiary/aromatic N) is 2. The van der Waals surface area contributed by atoms with Crippen molar-refractivity contribution in [1.29, 1.82) is 0 Å². The lowest BCUT2D eigenvalue weighted by molar-refractivity contribution is -0.132. The van der Waals surface area contributed by atoms with Gasteiger partial charge in [-0.15, -0.1) is 12.4 Å². The van der Waals surface area contributed by atoms with Crippen molar-refractivity contribution in [2.24, 2.45) is 0 Å². The van der Waals surface area contributed by atoms with Crippen LogP contribution in [0.3, 0.4) is 0 Å². The Balaban J connectivity index is 0.00000242. The summed E-state index contributed by atoms with van der Waals surface area (Å²) in [7, 11) is 1.68. The lowest BCUT2D eigenvalue weighted by Crippen LogP contribution is -2.52. The van der Waals surface area contributed by atoms with Crippen LogP contribution >= 0.6 is 24.0 Å². The van der Waals surface area contributed by atoms with Crippen molar-refractivity contribution in [2.45, 2.75) is 19.5 Å². The van der Waals surface area contributed by atoms with Crippen molar-refractivity contribution in [2.75, 3.05) is 33.2 Å². The lowest BCUT2D eigenvalue weighted by Gasteiger charge is -2.34. The molecule has 1 atom stereocenters. The molecule has 1 aromatic rings. The van der Waals surface area contributed by atoms with Crippen LogP contribution in [0.15, 0.2) is 18.2 Å². The number of hydrogen-bond acceptors (Lipinski definition) is 3. The van der Waals surface area contributed by atoms with E-state index >= 15 is 0 Å². The number of rotatable bonds is 4. The van der Waals surface area contributed by atoms with Gasteiger partial charge in [0.15, 0.2) is 0 Å². The highest BCUT2D eigenvalue weighted by Crippen LogP contribution is 2.20. The van der Waals surface area contributed by atoms with E-state index in [1.807, 2.05) is 0 Å². The number of nitrogens with one attached hydrogen (secondary N) is 1. The standard InChI is InChI=1S/C15H21ClFN3O.ClH/c1-11-8-18-6-7-20(11)10-15(21)19(2)9-12-13(16)4-3-5-14(12)17;/h3-5,11,18H,6-10H2,1-2H3;1H/t11-;/m1./s1. The second-order valence-electron chi connectivity index (χ2n) is 5.47. The minimum absolute atomic E-state index is 0. The molecule has 1 amide bonds. The van der Waals surface area contributed by atoms with Gasteiger partial charge in [0.1, 0.15) is 5.82 Å². The Labute approximate surface area is 142 Å². The molecule has 0 aromatic heterocycles. The van der Waals surface area contributed by atoms with Gasteiger partial charge in [-0.2, -0.15) is 0 Å². The van der Waals surface area contributed by atoms with E-state index in [9.17, 15) is 9.18 Å². The van der Waals surface area contributed by atoms with Crippen LogP contribution < -0.4 is 5.32 Å². The smallest absolute Gasteiger partial charge is 0.236 e. The predicted octanol–water partition coefficient (Wildman–Crippen LogP) is 2.15. The van der Waals surface area contributed by atoms with Crippen LogP contribution in [-0.2, 0) is 11.3 Å². The van der Waals surface area contributed by atoms with Gasteiger partial charge in [0, 0.05) is 49.9 Å². The van der Waals surface area contributed by atoms with Crippen molar-refractivity contribution in [1.82, 2.24) is 15.1 Å². The molecule has 1 fully saturated rings. The van der Waals surface area contributed by atoms with Gasteiger partial charge in [-0.1, -0.05) is 17.7 Å². The number of halogens is 3. The van der Waals surface area contributed by atoms with Gasteiger partial charge >= 0.3 is 0 Å². The van der Waals surface area contributed by atoms with Gasteiger partial charge < -0.3 is 10.2 Å². The summed E-state index contributed by atoms with van der Waals surface area (Å²) >= 11 is 6.00. The van der Waals surface area contributed by atoms with E-state index in [1.54, 1.807) is 19.2 Å². The van der Waals surface area contributed by atoms with Crippen molar-refractivity contribution < 1.29 is 9.18 Å². The van der Waals surface area contributed by atoms with Crippen molar-refractivity contribution in [3.63, 3.8) is 0 Å². The number of carbonyl (C=O) groups is 1. The summed E-state index contributed by atoms with van der Waals surface area (Å²) in [5.41, 5.74) is 0.364. The monoisotopic (exact) mass is 349 g/mol. The topological polar surface area (TPSA) is 35.6 Å². The molecule has 0 unspecified atom stereocenters. The molecule has 1 aliphatic heterocycles. The summed E-state index contributed by atoms with van der Waals surface area (Å²) < 4.78 is 13.8.